The van der Waals surface area contributed by atoms with Crippen LogP contribution in [-0.4, -0.2) is 4.98 Å². The van der Waals surface area contributed by atoms with Gasteiger partial charge in [-0.2, -0.15) is 0 Å². The number of aromatic nitrogens is 1. The number of pyridine rings is 1. The van der Waals surface area contributed by atoms with Gasteiger partial charge in [0.05, 0.1) is 11.2 Å². The first-order chi connectivity index (χ1) is 9.28. The summed E-state index contributed by atoms with van der Waals surface area (Å²) in [4.78, 5) is 4.71. The van der Waals surface area contributed by atoms with E-state index in [1.807, 2.05) is 42.5 Å². The van der Waals surface area contributed by atoms with Crippen LogP contribution in [0.2, 0.25) is 0 Å². The number of fused-ring (bicyclic) bond motifs is 1. The molecule has 0 radical (unpaired) electrons. The van der Waals surface area contributed by atoms with Crippen molar-refractivity contribution in [2.75, 3.05) is 0 Å². The first-order valence-electron chi connectivity index (χ1n) is 6.21. The smallest absolute Gasteiger partial charge is 0.0712 e. The van der Waals surface area contributed by atoms with E-state index in [2.05, 4.69) is 25.0 Å². The van der Waals surface area contributed by atoms with Crippen LogP contribution in [0.15, 0.2) is 54.6 Å². The van der Waals surface area contributed by atoms with E-state index in [0.717, 1.165) is 22.3 Å². The number of rotatable bonds is 1. The van der Waals surface area contributed by atoms with Gasteiger partial charge in [0.25, 0.3) is 0 Å². The van der Waals surface area contributed by atoms with Crippen LogP contribution in [-0.2, 0) is 0 Å². The summed E-state index contributed by atoms with van der Waals surface area (Å²) in [6.45, 7) is 2.11. The molecule has 1 aromatic heterocycles. The Bertz CT molecular complexity index is 794. The van der Waals surface area contributed by atoms with Gasteiger partial charge >= 0.3 is 0 Å². The molecule has 0 saturated carbocycles. The molecule has 1 nitrogen and oxygen atoms in total. The van der Waals surface area contributed by atoms with Crippen molar-refractivity contribution < 1.29 is 0 Å². The number of benzene rings is 2. The normalized spacial score (nSPS) is 10.3. The second kappa shape index (κ2) is 4.59. The molecule has 0 unspecified atom stereocenters. The van der Waals surface area contributed by atoms with Gasteiger partial charge < -0.3 is 0 Å². The lowest BCUT2D eigenvalue weighted by molar-refractivity contribution is 1.36. The summed E-state index contributed by atoms with van der Waals surface area (Å²) >= 11 is 0. The molecule has 0 aliphatic rings. The summed E-state index contributed by atoms with van der Waals surface area (Å²) in [5.41, 5.74) is 5.15. The second-order valence-corrected chi connectivity index (χ2v) is 4.57. The van der Waals surface area contributed by atoms with Crippen LogP contribution in [0, 0.1) is 19.3 Å². The lowest BCUT2D eigenvalue weighted by atomic mass is 10.0. The fraction of sp³-hybridized carbons (Fsp3) is 0.0556. The summed E-state index contributed by atoms with van der Waals surface area (Å²) in [6, 6.07) is 18.2. The molecule has 0 saturated heterocycles. The van der Waals surface area contributed by atoms with Gasteiger partial charge in [-0.05, 0) is 36.8 Å². The minimum Gasteiger partial charge on any atom is -0.248 e. The zero-order valence-electron chi connectivity index (χ0n) is 10.7. The van der Waals surface area contributed by atoms with Crippen molar-refractivity contribution in [2.24, 2.45) is 0 Å². The second-order valence-electron chi connectivity index (χ2n) is 4.57. The third-order valence-electron chi connectivity index (χ3n) is 3.25. The summed E-state index contributed by atoms with van der Waals surface area (Å²) in [7, 11) is 0. The first kappa shape index (κ1) is 11.5. The molecule has 0 aliphatic heterocycles. The molecule has 0 amide bonds. The Morgan fingerprint density at radius 2 is 1.84 bits per heavy atom. The molecular weight excluding hydrogens is 230 g/mol. The van der Waals surface area contributed by atoms with Gasteiger partial charge in [0.15, 0.2) is 0 Å². The minimum absolute atomic E-state index is 0.880. The molecule has 0 aliphatic carbocycles. The molecular formula is C18H13N. The molecule has 3 aromatic rings. The van der Waals surface area contributed by atoms with Crippen molar-refractivity contribution in [3.05, 3.63) is 65.7 Å². The van der Waals surface area contributed by atoms with E-state index in [9.17, 15) is 0 Å². The van der Waals surface area contributed by atoms with Gasteiger partial charge in [-0.3, -0.25) is 0 Å². The van der Waals surface area contributed by atoms with E-state index in [1.54, 1.807) is 0 Å². The third kappa shape index (κ3) is 2.09. The maximum absolute atomic E-state index is 5.45. The maximum atomic E-state index is 5.45. The summed E-state index contributed by atoms with van der Waals surface area (Å²) < 4.78 is 0. The van der Waals surface area contributed by atoms with Crippen molar-refractivity contribution in [3.63, 3.8) is 0 Å². The van der Waals surface area contributed by atoms with Crippen LogP contribution < -0.4 is 0 Å². The summed E-state index contributed by atoms with van der Waals surface area (Å²) in [6.07, 6.45) is 5.45. The molecule has 0 N–H and O–H groups in total. The Labute approximate surface area is 112 Å². The Balaban J connectivity index is 2.23. The van der Waals surface area contributed by atoms with Crippen LogP contribution in [0.4, 0.5) is 0 Å². The topological polar surface area (TPSA) is 12.9 Å². The number of para-hydroxylation sites is 1. The van der Waals surface area contributed by atoms with Crippen LogP contribution in [0.1, 0.15) is 11.1 Å². The van der Waals surface area contributed by atoms with Crippen molar-refractivity contribution in [2.45, 2.75) is 6.92 Å². The molecule has 0 fully saturated rings. The number of hydrogen-bond donors (Lipinski definition) is 0. The molecule has 0 atom stereocenters. The number of aryl methyl sites for hydroxylation is 1. The summed E-state index contributed by atoms with van der Waals surface area (Å²) in [5.74, 6) is 2.66. The van der Waals surface area contributed by atoms with Crippen molar-refractivity contribution in [1.82, 2.24) is 4.98 Å². The first-order valence-corrected chi connectivity index (χ1v) is 6.21. The van der Waals surface area contributed by atoms with E-state index in [1.165, 1.54) is 10.9 Å². The highest BCUT2D eigenvalue weighted by Gasteiger charge is 2.04. The quantitative estimate of drug-likeness (QED) is 0.584. The average molecular weight is 243 g/mol. The third-order valence-corrected chi connectivity index (χ3v) is 3.25. The molecule has 0 bridgehead atoms. The van der Waals surface area contributed by atoms with Gasteiger partial charge in [-0.1, -0.05) is 36.3 Å². The van der Waals surface area contributed by atoms with Gasteiger partial charge in [-0.15, -0.1) is 6.42 Å². The minimum atomic E-state index is 0.880. The number of terminal acetylenes is 1. The molecule has 1 heterocycles. The van der Waals surface area contributed by atoms with E-state index < -0.39 is 0 Å². The monoisotopic (exact) mass is 243 g/mol. The lowest BCUT2D eigenvalue weighted by Gasteiger charge is -2.07. The van der Waals surface area contributed by atoms with Gasteiger partial charge in [-0.25, -0.2) is 4.98 Å². The Morgan fingerprint density at radius 3 is 2.68 bits per heavy atom. The highest BCUT2D eigenvalue weighted by atomic mass is 14.7. The van der Waals surface area contributed by atoms with Gasteiger partial charge in [0, 0.05) is 16.5 Å². The molecule has 0 spiro atoms. The number of hydrogen-bond acceptors (Lipinski definition) is 1. The van der Waals surface area contributed by atoms with Crippen LogP contribution in [0.5, 0.6) is 0 Å². The zero-order valence-corrected chi connectivity index (χ0v) is 10.7. The SMILES string of the molecule is C#Cc1cccc(-c2cc(C)c3ccccc3n2)c1. The van der Waals surface area contributed by atoms with Gasteiger partial charge in [0.1, 0.15) is 0 Å². The molecule has 1 heteroatoms. The molecule has 2 aromatic carbocycles. The van der Waals surface area contributed by atoms with Gasteiger partial charge in [0.2, 0.25) is 0 Å². The van der Waals surface area contributed by atoms with Crippen LogP contribution in [0.3, 0.4) is 0 Å². The maximum Gasteiger partial charge on any atom is 0.0712 e. The van der Waals surface area contributed by atoms with E-state index in [4.69, 9.17) is 11.4 Å². The lowest BCUT2D eigenvalue weighted by Crippen LogP contribution is -1.89. The standard InChI is InChI=1S/C18H13N/c1-3-14-7-6-8-15(12-14)18-11-13(2)16-9-4-5-10-17(16)19-18/h1,4-12H,2H3. The predicted molar refractivity (Wildman–Crippen MR) is 79.9 cm³/mol. The van der Waals surface area contributed by atoms with E-state index in [0.29, 0.717) is 0 Å². The van der Waals surface area contributed by atoms with E-state index >= 15 is 0 Å². The fourth-order valence-corrected chi connectivity index (χ4v) is 2.27. The zero-order chi connectivity index (χ0) is 13.2. The number of nitrogens with zero attached hydrogens (tertiary/aromatic N) is 1. The Kier molecular flexibility index (Phi) is 2.78. The largest absolute Gasteiger partial charge is 0.248 e. The fourth-order valence-electron chi connectivity index (χ4n) is 2.27. The van der Waals surface area contributed by atoms with Crippen LogP contribution in [0.25, 0.3) is 22.2 Å². The molecule has 3 rings (SSSR count). The highest BCUT2D eigenvalue weighted by molar-refractivity contribution is 5.85. The predicted octanol–water partition coefficient (Wildman–Crippen LogP) is 4.19. The molecule has 90 valence electrons. The molecule has 19 heavy (non-hydrogen) atoms. The Hall–Kier alpha value is -2.59. The van der Waals surface area contributed by atoms with Crippen LogP contribution >= 0.6 is 0 Å². The summed E-state index contributed by atoms with van der Waals surface area (Å²) in [5, 5.41) is 1.19. The Morgan fingerprint density at radius 1 is 1.00 bits per heavy atom. The van der Waals surface area contributed by atoms with Crippen molar-refractivity contribution in [1.29, 1.82) is 0 Å². The highest BCUT2D eigenvalue weighted by Crippen LogP contribution is 2.24. The van der Waals surface area contributed by atoms with E-state index in [-0.39, 0.29) is 0 Å². The average Bonchev–Trinajstić information content (AvgIpc) is 2.47. The van der Waals surface area contributed by atoms with Crippen molar-refractivity contribution in [3.8, 4) is 23.6 Å². The van der Waals surface area contributed by atoms with Crippen molar-refractivity contribution >= 4 is 10.9 Å².